The quantitative estimate of drug-likeness (QED) is 0.472. The maximum atomic E-state index is 10.5. The third-order valence-electron chi connectivity index (χ3n) is 0.767. The second-order valence-electron chi connectivity index (χ2n) is 1.57. The number of urea groups is 1. The van der Waals surface area contributed by atoms with E-state index in [9.17, 15) is 4.79 Å². The van der Waals surface area contributed by atoms with Gasteiger partial charge in [0.2, 0.25) is 0 Å². The molecule has 0 saturated heterocycles. The molecular formula is C5H13N3O. The van der Waals surface area contributed by atoms with Crippen LogP contribution in [0.15, 0.2) is 0 Å². The third-order valence-corrected chi connectivity index (χ3v) is 0.767. The van der Waals surface area contributed by atoms with E-state index in [1.165, 1.54) is 0 Å². The van der Waals surface area contributed by atoms with Crippen LogP contribution < -0.4 is 16.4 Å². The van der Waals surface area contributed by atoms with E-state index in [1.54, 1.807) is 0 Å². The molecule has 0 aliphatic heterocycles. The molecule has 9 heavy (non-hydrogen) atoms. The number of rotatable bonds is 3. The van der Waals surface area contributed by atoms with Gasteiger partial charge in [0.1, 0.15) is 0 Å². The lowest BCUT2D eigenvalue weighted by Crippen LogP contribution is -2.37. The van der Waals surface area contributed by atoms with E-state index in [4.69, 9.17) is 5.73 Å². The first-order valence-electron chi connectivity index (χ1n) is 3.03. The Kier molecular flexibility index (Phi) is 4.91. The highest BCUT2D eigenvalue weighted by atomic mass is 16.2. The molecule has 0 fully saturated rings. The lowest BCUT2D eigenvalue weighted by Gasteiger charge is -2.01. The van der Waals surface area contributed by atoms with Crippen LogP contribution in [0.25, 0.3) is 0 Å². The molecule has 0 rings (SSSR count). The number of carbonyl (C=O) groups excluding carboxylic acids is 1. The Morgan fingerprint density at radius 2 is 2.22 bits per heavy atom. The largest absolute Gasteiger partial charge is 0.338 e. The first kappa shape index (κ1) is 8.23. The van der Waals surface area contributed by atoms with Gasteiger partial charge < -0.3 is 16.4 Å². The molecular weight excluding hydrogens is 118 g/mol. The van der Waals surface area contributed by atoms with Crippen LogP contribution >= 0.6 is 0 Å². The molecule has 0 atom stereocenters. The Hall–Kier alpha value is -0.770. The highest BCUT2D eigenvalue weighted by molar-refractivity contribution is 5.73. The second kappa shape index (κ2) is 5.37. The van der Waals surface area contributed by atoms with Gasteiger partial charge in [-0.15, -0.1) is 0 Å². The lowest BCUT2D eigenvalue weighted by molar-refractivity contribution is 0.241. The van der Waals surface area contributed by atoms with Crippen molar-refractivity contribution in [2.45, 2.75) is 6.92 Å². The summed E-state index contributed by atoms with van der Waals surface area (Å²) in [7, 11) is 0. The van der Waals surface area contributed by atoms with Gasteiger partial charge >= 0.3 is 6.03 Å². The fourth-order valence-electron chi connectivity index (χ4n) is 0.409. The summed E-state index contributed by atoms with van der Waals surface area (Å²) in [6.07, 6.45) is 0. The molecule has 0 heterocycles. The number of amides is 2. The molecule has 0 bridgehead atoms. The normalized spacial score (nSPS) is 8.67. The Morgan fingerprint density at radius 1 is 1.56 bits per heavy atom. The molecule has 0 radical (unpaired) electrons. The van der Waals surface area contributed by atoms with Crippen molar-refractivity contribution in [3.63, 3.8) is 0 Å². The maximum absolute atomic E-state index is 10.5. The van der Waals surface area contributed by atoms with Crippen LogP contribution in [0.3, 0.4) is 0 Å². The van der Waals surface area contributed by atoms with E-state index in [1.807, 2.05) is 6.92 Å². The van der Waals surface area contributed by atoms with Gasteiger partial charge in [-0.2, -0.15) is 0 Å². The van der Waals surface area contributed by atoms with Crippen molar-refractivity contribution in [2.75, 3.05) is 19.6 Å². The molecule has 4 nitrogen and oxygen atoms in total. The van der Waals surface area contributed by atoms with E-state index in [0.29, 0.717) is 19.6 Å². The minimum absolute atomic E-state index is 0.150. The van der Waals surface area contributed by atoms with Gasteiger partial charge in [-0.1, -0.05) is 0 Å². The molecule has 0 aromatic carbocycles. The topological polar surface area (TPSA) is 67.2 Å². The zero-order chi connectivity index (χ0) is 7.11. The molecule has 0 saturated carbocycles. The summed E-state index contributed by atoms with van der Waals surface area (Å²) in [4.78, 5) is 10.5. The van der Waals surface area contributed by atoms with Gasteiger partial charge in [-0.3, -0.25) is 0 Å². The zero-order valence-corrected chi connectivity index (χ0v) is 5.61. The zero-order valence-electron chi connectivity index (χ0n) is 5.61. The van der Waals surface area contributed by atoms with Crippen molar-refractivity contribution in [2.24, 2.45) is 5.73 Å². The predicted molar refractivity (Wildman–Crippen MR) is 36.1 cm³/mol. The van der Waals surface area contributed by atoms with E-state index >= 15 is 0 Å². The lowest BCUT2D eigenvalue weighted by atomic mass is 10.6. The van der Waals surface area contributed by atoms with Crippen LogP contribution in [0, 0.1) is 0 Å². The molecule has 0 spiro atoms. The van der Waals surface area contributed by atoms with Crippen LogP contribution in [0.2, 0.25) is 0 Å². The SMILES string of the molecule is CCNC(=O)NCCN. The molecule has 4 N–H and O–H groups in total. The molecule has 4 heteroatoms. The smallest absolute Gasteiger partial charge is 0.314 e. The number of nitrogens with two attached hydrogens (primary N) is 1. The van der Waals surface area contributed by atoms with E-state index in [-0.39, 0.29) is 6.03 Å². The van der Waals surface area contributed by atoms with E-state index in [2.05, 4.69) is 10.6 Å². The minimum atomic E-state index is -0.150. The number of hydrogen-bond acceptors (Lipinski definition) is 2. The number of nitrogens with one attached hydrogen (secondary N) is 2. The summed E-state index contributed by atoms with van der Waals surface area (Å²) in [6, 6.07) is -0.150. The summed E-state index contributed by atoms with van der Waals surface area (Å²) in [5, 5.41) is 5.13. The summed E-state index contributed by atoms with van der Waals surface area (Å²) in [5.41, 5.74) is 5.13. The van der Waals surface area contributed by atoms with Crippen molar-refractivity contribution >= 4 is 6.03 Å². The molecule has 0 aromatic rings. The van der Waals surface area contributed by atoms with Crippen LogP contribution in [0.5, 0.6) is 0 Å². The summed E-state index contributed by atoms with van der Waals surface area (Å²) in [5.74, 6) is 0. The van der Waals surface area contributed by atoms with Crippen LogP contribution in [-0.4, -0.2) is 25.7 Å². The second-order valence-corrected chi connectivity index (χ2v) is 1.57. The third kappa shape index (κ3) is 5.10. The van der Waals surface area contributed by atoms with Gasteiger partial charge in [-0.05, 0) is 6.92 Å². The first-order chi connectivity index (χ1) is 4.31. The molecule has 2 amide bonds. The molecule has 0 unspecified atom stereocenters. The van der Waals surface area contributed by atoms with Gasteiger partial charge in [0, 0.05) is 19.6 Å². The molecule has 54 valence electrons. The standard InChI is InChI=1S/C5H13N3O/c1-2-7-5(9)8-4-3-6/h2-4,6H2,1H3,(H2,7,8,9). The number of carbonyl (C=O) groups is 1. The maximum Gasteiger partial charge on any atom is 0.314 e. The van der Waals surface area contributed by atoms with Crippen molar-refractivity contribution in [3.8, 4) is 0 Å². The highest BCUT2D eigenvalue weighted by Crippen LogP contribution is 1.60. The Bertz CT molecular complexity index is 84.3. The Labute approximate surface area is 54.8 Å². The molecule has 0 aromatic heterocycles. The van der Waals surface area contributed by atoms with Gasteiger partial charge in [0.25, 0.3) is 0 Å². The van der Waals surface area contributed by atoms with Crippen molar-refractivity contribution in [3.05, 3.63) is 0 Å². The summed E-state index contributed by atoms with van der Waals surface area (Å²) < 4.78 is 0. The first-order valence-corrected chi connectivity index (χ1v) is 3.03. The van der Waals surface area contributed by atoms with Gasteiger partial charge in [0.05, 0.1) is 0 Å². The fourth-order valence-corrected chi connectivity index (χ4v) is 0.409. The van der Waals surface area contributed by atoms with E-state index in [0.717, 1.165) is 0 Å². The highest BCUT2D eigenvalue weighted by Gasteiger charge is 1.92. The average Bonchev–Trinajstić information content (AvgIpc) is 1.85. The summed E-state index contributed by atoms with van der Waals surface area (Å²) >= 11 is 0. The minimum Gasteiger partial charge on any atom is -0.338 e. The monoisotopic (exact) mass is 131 g/mol. The number of hydrogen-bond donors (Lipinski definition) is 3. The fraction of sp³-hybridized carbons (Fsp3) is 0.800. The van der Waals surface area contributed by atoms with Gasteiger partial charge in [0.15, 0.2) is 0 Å². The van der Waals surface area contributed by atoms with Crippen LogP contribution in [-0.2, 0) is 0 Å². The van der Waals surface area contributed by atoms with E-state index < -0.39 is 0 Å². The summed E-state index contributed by atoms with van der Waals surface area (Å²) in [6.45, 7) is 3.53. The molecule has 0 aliphatic carbocycles. The average molecular weight is 131 g/mol. The Balaban J connectivity index is 3.06. The van der Waals surface area contributed by atoms with Crippen LogP contribution in [0.1, 0.15) is 6.92 Å². The van der Waals surface area contributed by atoms with Crippen molar-refractivity contribution in [1.29, 1.82) is 0 Å². The van der Waals surface area contributed by atoms with Gasteiger partial charge in [-0.25, -0.2) is 4.79 Å². The Morgan fingerprint density at radius 3 is 2.67 bits per heavy atom. The van der Waals surface area contributed by atoms with Crippen molar-refractivity contribution < 1.29 is 4.79 Å². The molecule has 0 aliphatic rings. The predicted octanol–water partition coefficient (Wildman–Crippen LogP) is -0.736. The van der Waals surface area contributed by atoms with Crippen molar-refractivity contribution in [1.82, 2.24) is 10.6 Å². The van der Waals surface area contributed by atoms with Crippen LogP contribution in [0.4, 0.5) is 4.79 Å².